The van der Waals surface area contributed by atoms with Crippen molar-refractivity contribution in [2.45, 2.75) is 5.60 Å². The Labute approximate surface area is 208 Å². The smallest absolute Gasteiger partial charge is 0.340 e. The number of carbonyl (C=O) groups excluding carboxylic acids is 1. The molecule has 36 heavy (non-hydrogen) atoms. The molecule has 0 unspecified atom stereocenters. The van der Waals surface area contributed by atoms with Gasteiger partial charge in [-0.2, -0.15) is 0 Å². The van der Waals surface area contributed by atoms with Gasteiger partial charge in [0.25, 0.3) is 0 Å². The maximum atomic E-state index is 13.2. The van der Waals surface area contributed by atoms with Crippen LogP contribution in [0.3, 0.4) is 0 Å². The predicted octanol–water partition coefficient (Wildman–Crippen LogP) is 6.89. The zero-order valence-corrected chi connectivity index (χ0v) is 19.3. The van der Waals surface area contributed by atoms with E-state index in [2.05, 4.69) is 0 Å². The fourth-order valence-corrected chi connectivity index (χ4v) is 5.02. The standard InChI is InChI=1S/C32H22O4/c33-29-17-15-23(19-26(29)21-9-3-1-4-10-21)32(28-14-8-7-13-25(28)31(35)36-32)24-16-18-30(34)27(20-24)22-11-5-2-6-12-22/h1-20,33-34H. The Morgan fingerprint density at radius 1 is 0.528 bits per heavy atom. The molecule has 0 fully saturated rings. The minimum absolute atomic E-state index is 0.133. The van der Waals surface area contributed by atoms with Gasteiger partial charge in [-0.15, -0.1) is 0 Å². The van der Waals surface area contributed by atoms with E-state index in [-0.39, 0.29) is 11.5 Å². The van der Waals surface area contributed by atoms with Crippen molar-refractivity contribution in [2.24, 2.45) is 0 Å². The molecule has 0 saturated carbocycles. The molecule has 174 valence electrons. The summed E-state index contributed by atoms with van der Waals surface area (Å²) in [5, 5.41) is 21.4. The quantitative estimate of drug-likeness (QED) is 0.281. The number of hydrogen-bond donors (Lipinski definition) is 2. The second-order valence-electron chi connectivity index (χ2n) is 8.81. The summed E-state index contributed by atoms with van der Waals surface area (Å²) < 4.78 is 6.25. The van der Waals surface area contributed by atoms with Crippen LogP contribution in [0.15, 0.2) is 121 Å². The molecule has 0 aliphatic carbocycles. The fourth-order valence-electron chi connectivity index (χ4n) is 5.02. The number of carbonyl (C=O) groups is 1. The minimum atomic E-state index is -1.26. The van der Waals surface area contributed by atoms with Gasteiger partial charge in [0, 0.05) is 27.8 Å². The average Bonchev–Trinajstić information content (AvgIpc) is 3.23. The zero-order chi connectivity index (χ0) is 24.7. The number of aromatic hydroxyl groups is 2. The molecule has 1 aliphatic rings. The van der Waals surface area contributed by atoms with Gasteiger partial charge in [0.2, 0.25) is 0 Å². The summed E-state index contributed by atoms with van der Waals surface area (Å²) in [6, 6.07) is 37.1. The third-order valence-corrected chi connectivity index (χ3v) is 6.75. The van der Waals surface area contributed by atoms with E-state index in [0.29, 0.717) is 33.4 Å². The molecule has 4 heteroatoms. The highest BCUT2D eigenvalue weighted by atomic mass is 16.6. The van der Waals surface area contributed by atoms with Crippen LogP contribution >= 0.6 is 0 Å². The number of ether oxygens (including phenoxy) is 1. The zero-order valence-electron chi connectivity index (χ0n) is 19.3. The number of fused-ring (bicyclic) bond motifs is 1. The Balaban J connectivity index is 1.64. The molecule has 0 atom stereocenters. The highest BCUT2D eigenvalue weighted by Gasteiger charge is 2.48. The summed E-state index contributed by atoms with van der Waals surface area (Å²) in [4.78, 5) is 13.2. The van der Waals surface area contributed by atoms with Gasteiger partial charge in [-0.25, -0.2) is 4.79 Å². The van der Waals surface area contributed by atoms with Crippen LogP contribution in [-0.2, 0) is 10.3 Å². The Hall–Kier alpha value is -4.83. The molecule has 0 spiro atoms. The van der Waals surface area contributed by atoms with E-state index in [0.717, 1.165) is 11.1 Å². The second-order valence-corrected chi connectivity index (χ2v) is 8.81. The first-order valence-electron chi connectivity index (χ1n) is 11.7. The molecule has 0 aromatic heterocycles. The topological polar surface area (TPSA) is 66.8 Å². The van der Waals surface area contributed by atoms with Gasteiger partial charge in [-0.1, -0.05) is 91.0 Å². The molecule has 4 nitrogen and oxygen atoms in total. The predicted molar refractivity (Wildman–Crippen MR) is 139 cm³/mol. The molecular formula is C32H22O4. The van der Waals surface area contributed by atoms with E-state index in [4.69, 9.17) is 4.74 Å². The SMILES string of the molecule is O=C1OC(c2ccc(O)c(-c3ccccc3)c2)(c2ccc(O)c(-c3ccccc3)c2)c2ccccc21. The average molecular weight is 471 g/mol. The van der Waals surface area contributed by atoms with Crippen molar-refractivity contribution in [3.05, 3.63) is 144 Å². The lowest BCUT2D eigenvalue weighted by atomic mass is 9.78. The molecule has 5 aromatic carbocycles. The lowest BCUT2D eigenvalue weighted by Gasteiger charge is -2.31. The van der Waals surface area contributed by atoms with Gasteiger partial charge in [0.1, 0.15) is 11.5 Å². The van der Waals surface area contributed by atoms with Crippen LogP contribution in [0.25, 0.3) is 22.3 Å². The first kappa shape index (κ1) is 21.7. The molecule has 0 saturated heterocycles. The number of benzene rings is 5. The highest BCUT2D eigenvalue weighted by Crippen LogP contribution is 2.49. The van der Waals surface area contributed by atoms with Crippen LogP contribution in [0.2, 0.25) is 0 Å². The Morgan fingerprint density at radius 2 is 1.00 bits per heavy atom. The van der Waals surface area contributed by atoms with Crippen molar-refractivity contribution < 1.29 is 19.7 Å². The summed E-state index contributed by atoms with van der Waals surface area (Å²) >= 11 is 0. The van der Waals surface area contributed by atoms with Gasteiger partial charge in [0.15, 0.2) is 5.60 Å². The molecule has 1 heterocycles. The maximum absolute atomic E-state index is 13.2. The molecule has 2 N–H and O–H groups in total. The summed E-state index contributed by atoms with van der Waals surface area (Å²) in [5.74, 6) is -0.156. The summed E-state index contributed by atoms with van der Waals surface area (Å²) in [5.41, 5.74) is 4.29. The van der Waals surface area contributed by atoms with E-state index in [1.54, 1.807) is 30.3 Å². The van der Waals surface area contributed by atoms with Crippen LogP contribution in [0, 0.1) is 0 Å². The van der Waals surface area contributed by atoms with Crippen LogP contribution in [0.5, 0.6) is 11.5 Å². The lowest BCUT2D eigenvalue weighted by Crippen LogP contribution is -2.29. The first-order chi connectivity index (χ1) is 17.6. The van der Waals surface area contributed by atoms with Crippen LogP contribution < -0.4 is 0 Å². The molecule has 5 aromatic rings. The summed E-state index contributed by atoms with van der Waals surface area (Å²) in [6.45, 7) is 0. The lowest BCUT2D eigenvalue weighted by molar-refractivity contribution is 0.0251. The molecule has 0 amide bonds. The van der Waals surface area contributed by atoms with Crippen LogP contribution in [0.4, 0.5) is 0 Å². The van der Waals surface area contributed by atoms with Crippen molar-refractivity contribution in [1.82, 2.24) is 0 Å². The van der Waals surface area contributed by atoms with E-state index < -0.39 is 11.6 Å². The van der Waals surface area contributed by atoms with E-state index >= 15 is 0 Å². The normalized spacial score (nSPS) is 13.7. The molecule has 1 aliphatic heterocycles. The maximum Gasteiger partial charge on any atom is 0.340 e. The number of phenols is 2. The number of esters is 1. The number of cyclic esters (lactones) is 1. The summed E-state index contributed by atoms with van der Waals surface area (Å²) in [7, 11) is 0. The van der Waals surface area contributed by atoms with Gasteiger partial charge >= 0.3 is 5.97 Å². The van der Waals surface area contributed by atoms with E-state index in [1.165, 1.54) is 0 Å². The van der Waals surface area contributed by atoms with Gasteiger partial charge in [0.05, 0.1) is 5.56 Å². The number of rotatable bonds is 4. The number of hydrogen-bond acceptors (Lipinski definition) is 4. The Bertz CT molecular complexity index is 1500. The van der Waals surface area contributed by atoms with Crippen molar-refractivity contribution in [1.29, 1.82) is 0 Å². The molecular weight excluding hydrogens is 448 g/mol. The fraction of sp³-hybridized carbons (Fsp3) is 0.0312. The third kappa shape index (κ3) is 3.35. The Kier molecular flexibility index (Phi) is 5.08. The largest absolute Gasteiger partial charge is 0.507 e. The van der Waals surface area contributed by atoms with Gasteiger partial charge in [-0.3, -0.25) is 0 Å². The number of phenolic OH excluding ortho intramolecular Hbond substituents is 2. The van der Waals surface area contributed by atoms with E-state index in [9.17, 15) is 15.0 Å². The van der Waals surface area contributed by atoms with Crippen molar-refractivity contribution in [3.63, 3.8) is 0 Å². The minimum Gasteiger partial charge on any atom is -0.507 e. The van der Waals surface area contributed by atoms with Crippen molar-refractivity contribution in [3.8, 4) is 33.8 Å². The molecule has 0 radical (unpaired) electrons. The second kappa shape index (κ2) is 8.43. The monoisotopic (exact) mass is 470 g/mol. The highest BCUT2D eigenvalue weighted by molar-refractivity contribution is 5.96. The summed E-state index contributed by atoms with van der Waals surface area (Å²) in [6.07, 6.45) is 0. The molecule has 6 rings (SSSR count). The third-order valence-electron chi connectivity index (χ3n) is 6.75. The molecule has 0 bridgehead atoms. The van der Waals surface area contributed by atoms with Crippen LogP contribution in [0.1, 0.15) is 27.0 Å². The van der Waals surface area contributed by atoms with Crippen LogP contribution in [-0.4, -0.2) is 16.2 Å². The van der Waals surface area contributed by atoms with Crippen molar-refractivity contribution >= 4 is 5.97 Å². The van der Waals surface area contributed by atoms with E-state index in [1.807, 2.05) is 91.0 Å². The van der Waals surface area contributed by atoms with Gasteiger partial charge in [-0.05, 0) is 41.5 Å². The Morgan fingerprint density at radius 3 is 1.53 bits per heavy atom. The van der Waals surface area contributed by atoms with Crippen molar-refractivity contribution in [2.75, 3.05) is 0 Å². The first-order valence-corrected chi connectivity index (χ1v) is 11.7. The van der Waals surface area contributed by atoms with Gasteiger partial charge < -0.3 is 14.9 Å².